The van der Waals surface area contributed by atoms with Crippen LogP contribution in [0.15, 0.2) is 30.3 Å². The molecule has 0 aliphatic rings. The SMILES string of the molecule is CC(C)Cc1ccc(/C(Cl)=C/C=O)cc1. The van der Waals surface area contributed by atoms with Crippen molar-refractivity contribution in [2.24, 2.45) is 5.92 Å². The van der Waals surface area contributed by atoms with Crippen LogP contribution in [0.4, 0.5) is 0 Å². The molecule has 0 aliphatic carbocycles. The van der Waals surface area contributed by atoms with Gasteiger partial charge < -0.3 is 0 Å². The lowest BCUT2D eigenvalue weighted by Crippen LogP contribution is -1.93. The average Bonchev–Trinajstić information content (AvgIpc) is 2.18. The first kappa shape index (κ1) is 12.0. The highest BCUT2D eigenvalue weighted by Gasteiger charge is 2.00. The number of carbonyl (C=O) groups excluding carboxylic acids is 1. The monoisotopic (exact) mass is 222 g/mol. The number of benzene rings is 1. The number of aldehydes is 1. The van der Waals surface area contributed by atoms with E-state index in [1.54, 1.807) is 0 Å². The Morgan fingerprint density at radius 2 is 1.93 bits per heavy atom. The molecule has 0 bridgehead atoms. The fourth-order valence-corrected chi connectivity index (χ4v) is 1.60. The summed E-state index contributed by atoms with van der Waals surface area (Å²) in [5, 5.41) is 0.487. The summed E-state index contributed by atoms with van der Waals surface area (Å²) in [5.74, 6) is 0.650. The van der Waals surface area contributed by atoms with E-state index in [0.717, 1.165) is 12.0 Å². The van der Waals surface area contributed by atoms with Crippen molar-refractivity contribution in [3.05, 3.63) is 41.5 Å². The lowest BCUT2D eigenvalue weighted by molar-refractivity contribution is -0.104. The highest BCUT2D eigenvalue weighted by Crippen LogP contribution is 2.19. The van der Waals surface area contributed by atoms with Gasteiger partial charge in [-0.2, -0.15) is 0 Å². The molecule has 0 fully saturated rings. The molecule has 15 heavy (non-hydrogen) atoms. The number of rotatable bonds is 4. The Kier molecular flexibility index (Phi) is 4.57. The van der Waals surface area contributed by atoms with E-state index in [-0.39, 0.29) is 0 Å². The molecule has 0 saturated carbocycles. The zero-order chi connectivity index (χ0) is 11.3. The molecule has 0 aromatic heterocycles. The first-order valence-electron chi connectivity index (χ1n) is 5.03. The maximum atomic E-state index is 10.2. The lowest BCUT2D eigenvalue weighted by atomic mass is 10.0. The summed E-state index contributed by atoms with van der Waals surface area (Å²) in [4.78, 5) is 10.2. The second kappa shape index (κ2) is 5.72. The van der Waals surface area contributed by atoms with Crippen LogP contribution >= 0.6 is 11.6 Å². The van der Waals surface area contributed by atoms with Crippen LogP contribution in [-0.4, -0.2) is 6.29 Å². The number of carbonyl (C=O) groups is 1. The van der Waals surface area contributed by atoms with Crippen LogP contribution in [0.3, 0.4) is 0 Å². The maximum Gasteiger partial charge on any atom is 0.144 e. The van der Waals surface area contributed by atoms with Gasteiger partial charge >= 0.3 is 0 Å². The van der Waals surface area contributed by atoms with E-state index in [4.69, 9.17) is 11.6 Å². The predicted octanol–water partition coefficient (Wildman–Crippen LogP) is 3.66. The largest absolute Gasteiger partial charge is 0.299 e. The van der Waals surface area contributed by atoms with Gasteiger partial charge in [0.05, 0.1) is 5.03 Å². The summed E-state index contributed by atoms with van der Waals surface area (Å²) in [6, 6.07) is 7.99. The smallest absolute Gasteiger partial charge is 0.144 e. The third kappa shape index (κ3) is 3.88. The first-order valence-corrected chi connectivity index (χ1v) is 5.41. The Hall–Kier alpha value is -1.08. The lowest BCUT2D eigenvalue weighted by Gasteiger charge is -2.05. The second-order valence-electron chi connectivity index (χ2n) is 3.95. The van der Waals surface area contributed by atoms with Crippen molar-refractivity contribution in [3.8, 4) is 0 Å². The van der Waals surface area contributed by atoms with Crippen molar-refractivity contribution in [1.82, 2.24) is 0 Å². The van der Waals surface area contributed by atoms with Crippen LogP contribution in [0, 0.1) is 5.92 Å². The predicted molar refractivity (Wildman–Crippen MR) is 64.9 cm³/mol. The molecule has 1 rings (SSSR count). The molecule has 0 N–H and O–H groups in total. The molecule has 0 saturated heterocycles. The minimum absolute atomic E-state index is 0.487. The Bertz CT molecular complexity index is 349. The van der Waals surface area contributed by atoms with Crippen LogP contribution in [0.2, 0.25) is 0 Å². The van der Waals surface area contributed by atoms with Gasteiger partial charge in [-0.25, -0.2) is 0 Å². The molecule has 0 heterocycles. The van der Waals surface area contributed by atoms with Crippen molar-refractivity contribution < 1.29 is 4.79 Å². The minimum Gasteiger partial charge on any atom is -0.299 e. The van der Waals surface area contributed by atoms with Crippen LogP contribution in [-0.2, 0) is 11.2 Å². The van der Waals surface area contributed by atoms with E-state index in [0.29, 0.717) is 17.2 Å². The number of allylic oxidation sites excluding steroid dienone is 1. The molecule has 0 atom stereocenters. The fourth-order valence-electron chi connectivity index (χ4n) is 1.43. The molecule has 1 aromatic carbocycles. The molecule has 0 unspecified atom stereocenters. The number of halogens is 1. The van der Waals surface area contributed by atoms with Gasteiger partial charge in [0.2, 0.25) is 0 Å². The van der Waals surface area contributed by atoms with Crippen LogP contribution < -0.4 is 0 Å². The van der Waals surface area contributed by atoms with Crippen molar-refractivity contribution in [1.29, 1.82) is 0 Å². The van der Waals surface area contributed by atoms with E-state index in [9.17, 15) is 4.79 Å². The zero-order valence-electron chi connectivity index (χ0n) is 9.03. The number of hydrogen-bond donors (Lipinski definition) is 0. The molecular weight excluding hydrogens is 208 g/mol. The van der Waals surface area contributed by atoms with Gasteiger partial charge in [0, 0.05) is 0 Å². The average molecular weight is 223 g/mol. The van der Waals surface area contributed by atoms with Crippen molar-refractivity contribution in [2.75, 3.05) is 0 Å². The molecule has 2 heteroatoms. The zero-order valence-corrected chi connectivity index (χ0v) is 9.79. The third-order valence-electron chi connectivity index (χ3n) is 2.09. The summed E-state index contributed by atoms with van der Waals surface area (Å²) in [6.07, 6.45) is 3.12. The topological polar surface area (TPSA) is 17.1 Å². The summed E-state index contributed by atoms with van der Waals surface area (Å²) in [6.45, 7) is 4.38. The summed E-state index contributed by atoms with van der Waals surface area (Å²) >= 11 is 5.89. The molecule has 0 radical (unpaired) electrons. The quantitative estimate of drug-likeness (QED) is 0.561. The van der Waals surface area contributed by atoms with E-state index in [2.05, 4.69) is 26.0 Å². The molecule has 0 aliphatic heterocycles. The van der Waals surface area contributed by atoms with Gasteiger partial charge in [-0.1, -0.05) is 49.7 Å². The van der Waals surface area contributed by atoms with Gasteiger partial charge in [0.25, 0.3) is 0 Å². The van der Waals surface area contributed by atoms with E-state index in [1.807, 2.05) is 12.1 Å². The maximum absolute atomic E-state index is 10.2. The van der Waals surface area contributed by atoms with Crippen LogP contribution in [0.5, 0.6) is 0 Å². The van der Waals surface area contributed by atoms with Gasteiger partial charge in [-0.15, -0.1) is 0 Å². The van der Waals surface area contributed by atoms with Crippen molar-refractivity contribution in [3.63, 3.8) is 0 Å². The summed E-state index contributed by atoms with van der Waals surface area (Å²) < 4.78 is 0. The molecule has 0 spiro atoms. The van der Waals surface area contributed by atoms with E-state index >= 15 is 0 Å². The Morgan fingerprint density at radius 3 is 2.40 bits per heavy atom. The third-order valence-corrected chi connectivity index (χ3v) is 2.43. The Morgan fingerprint density at radius 1 is 1.33 bits per heavy atom. The van der Waals surface area contributed by atoms with E-state index in [1.165, 1.54) is 11.6 Å². The van der Waals surface area contributed by atoms with Crippen LogP contribution in [0.25, 0.3) is 5.03 Å². The highest BCUT2D eigenvalue weighted by atomic mass is 35.5. The van der Waals surface area contributed by atoms with Gasteiger partial charge in [0.1, 0.15) is 6.29 Å². The van der Waals surface area contributed by atoms with E-state index < -0.39 is 0 Å². The highest BCUT2D eigenvalue weighted by molar-refractivity contribution is 6.49. The fraction of sp³-hybridized carbons (Fsp3) is 0.308. The summed E-state index contributed by atoms with van der Waals surface area (Å²) in [7, 11) is 0. The van der Waals surface area contributed by atoms with Gasteiger partial charge in [-0.3, -0.25) is 4.79 Å². The summed E-state index contributed by atoms with van der Waals surface area (Å²) in [5.41, 5.74) is 2.18. The van der Waals surface area contributed by atoms with Crippen molar-refractivity contribution in [2.45, 2.75) is 20.3 Å². The first-order chi connectivity index (χ1) is 7.13. The molecule has 80 valence electrons. The second-order valence-corrected chi connectivity index (χ2v) is 4.35. The van der Waals surface area contributed by atoms with Crippen molar-refractivity contribution >= 4 is 22.9 Å². The molecule has 1 nitrogen and oxygen atoms in total. The van der Waals surface area contributed by atoms with Crippen LogP contribution in [0.1, 0.15) is 25.0 Å². The Balaban J connectivity index is 2.80. The molecule has 0 amide bonds. The standard InChI is InChI=1S/C13H15ClO/c1-10(2)9-11-3-5-12(6-4-11)13(14)7-8-15/h3-8,10H,9H2,1-2H3/b13-7-. The van der Waals surface area contributed by atoms with Gasteiger partial charge in [0.15, 0.2) is 0 Å². The van der Waals surface area contributed by atoms with Gasteiger partial charge in [-0.05, 0) is 29.5 Å². The minimum atomic E-state index is 0.487. The molecule has 1 aromatic rings. The normalized spacial score (nSPS) is 11.9. The molecular formula is C13H15ClO. The Labute approximate surface area is 95.8 Å². The number of hydrogen-bond acceptors (Lipinski definition) is 1.